The maximum atomic E-state index is 4.08. The summed E-state index contributed by atoms with van der Waals surface area (Å²) in [4.78, 5) is 0. The Morgan fingerprint density at radius 1 is 1.25 bits per heavy atom. The van der Waals surface area contributed by atoms with Gasteiger partial charge in [-0.2, -0.15) is 0 Å². The molecular formula is BNaS2. The molecule has 0 saturated carbocycles. The number of hydrogen-bond acceptors (Lipinski definition) is 1. The van der Waals surface area contributed by atoms with Gasteiger partial charge < -0.3 is 13.5 Å². The maximum Gasteiger partial charge on any atom is 1.00 e. The molecule has 0 heterocycles. The molecule has 0 rings (SSSR count). The summed E-state index contributed by atoms with van der Waals surface area (Å²) in [6, 6.07) is 0. The zero-order valence-electron chi connectivity index (χ0n) is 2.39. The topological polar surface area (TPSA) is 0 Å². The van der Waals surface area contributed by atoms with Gasteiger partial charge in [0.15, 0.2) is 0 Å². The van der Waals surface area contributed by atoms with E-state index < -0.39 is 0 Å². The summed E-state index contributed by atoms with van der Waals surface area (Å²) in [6.45, 7) is 4.08. The summed E-state index contributed by atoms with van der Waals surface area (Å²) in [5.74, 6) is 0. The van der Waals surface area contributed by atoms with Gasteiger partial charge in [0.1, 0.15) is 0 Å². The van der Waals surface area contributed by atoms with Gasteiger partial charge in [0.05, 0.1) is 0 Å². The molecule has 0 atom stereocenters. The molecule has 16 valence electrons. The van der Waals surface area contributed by atoms with Crippen LogP contribution >= 0.6 is 12.1 Å². The molecule has 4 heteroatoms. The first-order valence-corrected chi connectivity index (χ1v) is 0.707. The molecule has 0 aliphatic carbocycles. The molecule has 0 aromatic rings. The van der Waals surface area contributed by atoms with E-state index in [1.54, 1.807) is 0 Å². The molecule has 0 saturated heterocycles. The van der Waals surface area contributed by atoms with E-state index in [-0.39, 0.29) is 43.1 Å². The van der Waals surface area contributed by atoms with Crippen molar-refractivity contribution >= 4 is 32.3 Å². The van der Waals surface area contributed by atoms with Crippen molar-refractivity contribution in [1.29, 1.82) is 0 Å². The quantitative estimate of drug-likeness (QED) is 0.296. The van der Waals surface area contributed by atoms with Crippen molar-refractivity contribution in [3.63, 3.8) is 0 Å². The van der Waals surface area contributed by atoms with Gasteiger partial charge in [0.25, 0.3) is 0 Å². The summed E-state index contributed by atoms with van der Waals surface area (Å²) in [7, 11) is 0. The fourth-order valence-corrected chi connectivity index (χ4v) is 0. The van der Waals surface area contributed by atoms with Crippen LogP contribution in [0.2, 0.25) is 0 Å². The zero-order valence-corrected chi connectivity index (χ0v) is 6.03. The van der Waals surface area contributed by atoms with Gasteiger partial charge in [-0.1, -0.05) is 0 Å². The molecule has 0 spiro atoms. The van der Waals surface area contributed by atoms with Crippen LogP contribution in [-0.2, 0) is 13.5 Å². The number of hydrogen-bond donors (Lipinski definition) is 0. The normalized spacial score (nSPS) is 1.50. The molecule has 0 nitrogen and oxygen atoms in total. The molecule has 0 aliphatic heterocycles. The SMILES string of the molecule is [B+]=S.[Na+].[S-2]. The van der Waals surface area contributed by atoms with Gasteiger partial charge in [0, 0.05) is 0 Å². The van der Waals surface area contributed by atoms with Gasteiger partial charge in [0.2, 0.25) is 0 Å². The van der Waals surface area contributed by atoms with E-state index in [2.05, 4.69) is 18.8 Å². The second kappa shape index (κ2) is 22.9. The third-order valence-corrected chi connectivity index (χ3v) is 0. The molecular weight excluding hydrogens is 97.9 g/mol. The molecule has 0 amide bonds. The average molecular weight is 97.9 g/mol. The summed E-state index contributed by atoms with van der Waals surface area (Å²) in [6.07, 6.45) is 0. The van der Waals surface area contributed by atoms with Gasteiger partial charge in [-0.05, 0) is 0 Å². The van der Waals surface area contributed by atoms with Crippen LogP contribution in [0.1, 0.15) is 0 Å². The molecule has 0 aromatic heterocycles. The van der Waals surface area contributed by atoms with Crippen LogP contribution < -0.4 is 29.6 Å². The fraction of sp³-hybridized carbons (Fsp3) is 0. The Morgan fingerprint density at radius 3 is 1.25 bits per heavy atom. The Bertz CT molecular complexity index is 6.00. The summed E-state index contributed by atoms with van der Waals surface area (Å²) < 4.78 is 0. The van der Waals surface area contributed by atoms with E-state index in [1.807, 2.05) is 0 Å². The molecule has 0 aliphatic rings. The van der Waals surface area contributed by atoms with Crippen LogP contribution in [0.5, 0.6) is 0 Å². The Hall–Kier alpha value is 1.63. The molecule has 0 N–H and O–H groups in total. The third-order valence-electron chi connectivity index (χ3n) is 0. The maximum absolute atomic E-state index is 4.08. The second-order valence-corrected chi connectivity index (χ2v) is 0. The molecule has 0 radical (unpaired) electrons. The van der Waals surface area contributed by atoms with E-state index in [0.717, 1.165) is 0 Å². The van der Waals surface area contributed by atoms with E-state index in [4.69, 9.17) is 0 Å². The zero-order chi connectivity index (χ0) is 2.00. The Morgan fingerprint density at radius 2 is 1.25 bits per heavy atom. The Labute approximate surface area is 61.4 Å². The summed E-state index contributed by atoms with van der Waals surface area (Å²) in [5.41, 5.74) is 0. The van der Waals surface area contributed by atoms with Gasteiger partial charge in [-0.15, -0.1) is 0 Å². The molecule has 0 aromatic carbocycles. The minimum Gasteiger partial charge on any atom is -2.00 e. The van der Waals surface area contributed by atoms with Crippen molar-refractivity contribution in [2.24, 2.45) is 0 Å². The largest absolute Gasteiger partial charge is 2.00 e. The molecule has 0 bridgehead atoms. The van der Waals surface area contributed by atoms with Crippen molar-refractivity contribution in [2.45, 2.75) is 0 Å². The average Bonchev–Trinajstić information content (AvgIpc) is 1.00. The van der Waals surface area contributed by atoms with Crippen LogP contribution in [-0.4, -0.2) is 6.72 Å². The van der Waals surface area contributed by atoms with E-state index in [1.165, 1.54) is 0 Å². The minimum atomic E-state index is 0. The van der Waals surface area contributed by atoms with Crippen LogP contribution in [0.3, 0.4) is 0 Å². The second-order valence-electron chi connectivity index (χ2n) is 0. The fourth-order valence-electron chi connectivity index (χ4n) is 0. The Balaban J connectivity index is -0.00000000500. The van der Waals surface area contributed by atoms with Gasteiger partial charge >= 0.3 is 48.3 Å². The summed E-state index contributed by atoms with van der Waals surface area (Å²) in [5, 5.41) is 0. The first-order chi connectivity index (χ1) is 1.00. The van der Waals surface area contributed by atoms with Crippen molar-refractivity contribution in [3.05, 3.63) is 0 Å². The number of rotatable bonds is 0. The van der Waals surface area contributed by atoms with Gasteiger partial charge in [-0.25, -0.2) is 0 Å². The minimum absolute atomic E-state index is 0. The van der Waals surface area contributed by atoms with E-state index in [0.29, 0.717) is 0 Å². The predicted octanol–water partition coefficient (Wildman–Crippen LogP) is -2.73. The Kier molecular flexibility index (Phi) is 99.9. The molecule has 0 fully saturated rings. The molecule has 4 heavy (non-hydrogen) atoms. The first-order valence-electron chi connectivity index (χ1n) is 0.236. The predicted molar refractivity (Wildman–Crippen MR) is 20.7 cm³/mol. The van der Waals surface area contributed by atoms with Crippen molar-refractivity contribution in [3.8, 4) is 0 Å². The summed E-state index contributed by atoms with van der Waals surface area (Å²) >= 11 is 3.58. The van der Waals surface area contributed by atoms with Crippen molar-refractivity contribution < 1.29 is 29.6 Å². The van der Waals surface area contributed by atoms with Crippen LogP contribution in [0.4, 0.5) is 0 Å². The first kappa shape index (κ1) is 17.4. The monoisotopic (exact) mass is 97.9 g/mol. The van der Waals surface area contributed by atoms with Crippen LogP contribution in [0.25, 0.3) is 0 Å². The molecule has 0 unspecified atom stereocenters. The van der Waals surface area contributed by atoms with Crippen LogP contribution in [0, 0.1) is 0 Å². The van der Waals surface area contributed by atoms with E-state index in [9.17, 15) is 0 Å². The smallest absolute Gasteiger partial charge is 1.00 e. The third kappa shape index (κ3) is 9.44. The van der Waals surface area contributed by atoms with Crippen molar-refractivity contribution in [1.82, 2.24) is 0 Å². The van der Waals surface area contributed by atoms with E-state index >= 15 is 0 Å². The standard InChI is InChI=1S/BS.Na.S/c1-2;;/q2*+1;-2. The van der Waals surface area contributed by atoms with Gasteiger partial charge in [-0.3, -0.25) is 0 Å². The van der Waals surface area contributed by atoms with Crippen LogP contribution in [0.15, 0.2) is 0 Å². The van der Waals surface area contributed by atoms with Crippen molar-refractivity contribution in [2.75, 3.05) is 0 Å².